The Morgan fingerprint density at radius 1 is 1.17 bits per heavy atom. The van der Waals surface area contributed by atoms with Crippen LogP contribution in [-0.2, 0) is 6.42 Å². The maximum Gasteiger partial charge on any atom is 0.253 e. The number of ketones is 1. The fourth-order valence-corrected chi connectivity index (χ4v) is 3.72. The molecule has 0 saturated heterocycles. The molecule has 6 nitrogen and oxygen atoms in total. The van der Waals surface area contributed by atoms with E-state index in [9.17, 15) is 9.59 Å². The van der Waals surface area contributed by atoms with Crippen molar-refractivity contribution in [3.05, 3.63) is 64.7 Å². The van der Waals surface area contributed by atoms with Crippen molar-refractivity contribution in [2.45, 2.75) is 32.2 Å². The molecule has 1 heterocycles. The third-order valence-electron chi connectivity index (χ3n) is 5.23. The van der Waals surface area contributed by atoms with Crippen molar-refractivity contribution in [2.24, 2.45) is 4.99 Å². The normalized spacial score (nSPS) is 14.5. The number of amides is 1. The Balaban J connectivity index is 1.88. The van der Waals surface area contributed by atoms with Gasteiger partial charge in [0.2, 0.25) is 0 Å². The van der Waals surface area contributed by atoms with Crippen molar-refractivity contribution in [3.63, 3.8) is 0 Å². The third kappa shape index (κ3) is 4.76. The lowest BCUT2D eigenvalue weighted by Gasteiger charge is -2.29. The summed E-state index contributed by atoms with van der Waals surface area (Å²) in [4.78, 5) is 31.8. The summed E-state index contributed by atoms with van der Waals surface area (Å²) in [7, 11) is 3.24. The van der Waals surface area contributed by atoms with Crippen LogP contribution in [0.5, 0.6) is 5.75 Å². The van der Waals surface area contributed by atoms with E-state index >= 15 is 0 Å². The number of Topliss-reactive ketones (excluding diaryl/α,β-unsaturated/α-hetero) is 1. The first-order valence-corrected chi connectivity index (χ1v) is 9.99. The van der Waals surface area contributed by atoms with Gasteiger partial charge in [-0.25, -0.2) is 0 Å². The molecular formula is C24H28N2O4. The second kappa shape index (κ2) is 8.79. The van der Waals surface area contributed by atoms with Crippen LogP contribution in [0.4, 0.5) is 0 Å². The van der Waals surface area contributed by atoms with Gasteiger partial charge in [-0.05, 0) is 50.1 Å². The van der Waals surface area contributed by atoms with E-state index in [1.165, 1.54) is 4.90 Å². The molecule has 1 N–H and O–H groups in total. The molecule has 2 aromatic rings. The Morgan fingerprint density at radius 2 is 1.90 bits per heavy atom. The van der Waals surface area contributed by atoms with Gasteiger partial charge >= 0.3 is 0 Å². The number of aliphatic hydroxyl groups excluding tert-OH is 1. The minimum Gasteiger partial charge on any atom is -0.497 e. The summed E-state index contributed by atoms with van der Waals surface area (Å²) < 4.78 is 5.35. The molecule has 0 fully saturated rings. The first-order valence-electron chi connectivity index (χ1n) is 9.99. The van der Waals surface area contributed by atoms with Crippen LogP contribution in [-0.4, -0.2) is 60.3 Å². The average Bonchev–Trinajstić information content (AvgIpc) is 2.72. The maximum atomic E-state index is 13.1. The van der Waals surface area contributed by atoms with E-state index in [0.717, 1.165) is 29.0 Å². The SMILES string of the molecule is COc1ccc2c(c1)C(CC(=O)c1cccc(C(=O)N(C)CCO)c1)=NC(C)(C)C2. The number of aliphatic hydroxyl groups is 1. The number of nitrogens with zero attached hydrogens (tertiary/aromatic N) is 2. The number of rotatable bonds is 7. The summed E-state index contributed by atoms with van der Waals surface area (Å²) in [5, 5.41) is 9.05. The number of benzene rings is 2. The number of carbonyl (C=O) groups excluding carboxylic acids is 2. The summed E-state index contributed by atoms with van der Waals surface area (Å²) in [6.45, 7) is 4.24. The van der Waals surface area contributed by atoms with Gasteiger partial charge in [-0.3, -0.25) is 14.6 Å². The molecule has 0 spiro atoms. The molecule has 158 valence electrons. The lowest BCUT2D eigenvalue weighted by molar-refractivity contribution is 0.0767. The van der Waals surface area contributed by atoms with Gasteiger partial charge in [0, 0.05) is 30.3 Å². The molecule has 2 aromatic carbocycles. The van der Waals surface area contributed by atoms with Gasteiger partial charge < -0.3 is 14.7 Å². The minimum atomic E-state index is -0.290. The Bertz CT molecular complexity index is 994. The summed E-state index contributed by atoms with van der Waals surface area (Å²) in [6, 6.07) is 12.6. The third-order valence-corrected chi connectivity index (χ3v) is 5.23. The van der Waals surface area contributed by atoms with E-state index in [0.29, 0.717) is 11.1 Å². The number of ether oxygens (including phenoxy) is 1. The van der Waals surface area contributed by atoms with Gasteiger partial charge in [-0.2, -0.15) is 0 Å². The number of hydrogen-bond donors (Lipinski definition) is 1. The molecule has 0 bridgehead atoms. The molecule has 0 radical (unpaired) electrons. The standard InChI is InChI=1S/C24H28N2O4/c1-24(2)15-18-8-9-19(30-4)13-20(18)21(25-24)14-22(28)16-6-5-7-17(12-16)23(29)26(3)10-11-27/h5-9,12-13,27H,10-11,14-15H2,1-4H3. The first kappa shape index (κ1) is 21.7. The lowest BCUT2D eigenvalue weighted by Crippen LogP contribution is -2.30. The van der Waals surface area contributed by atoms with E-state index in [1.54, 1.807) is 38.4 Å². The number of hydrogen-bond acceptors (Lipinski definition) is 5. The Hall–Kier alpha value is -2.99. The van der Waals surface area contributed by atoms with Gasteiger partial charge in [0.15, 0.2) is 5.78 Å². The zero-order chi connectivity index (χ0) is 21.9. The van der Waals surface area contributed by atoms with Crippen LogP contribution in [0.2, 0.25) is 0 Å². The molecule has 30 heavy (non-hydrogen) atoms. The molecule has 0 aromatic heterocycles. The molecule has 1 amide bonds. The number of fused-ring (bicyclic) bond motifs is 1. The first-order chi connectivity index (χ1) is 14.2. The second-order valence-corrected chi connectivity index (χ2v) is 8.20. The highest BCUT2D eigenvalue weighted by Crippen LogP contribution is 2.31. The van der Waals surface area contributed by atoms with E-state index in [-0.39, 0.29) is 36.8 Å². The predicted molar refractivity (Wildman–Crippen MR) is 117 cm³/mol. The topological polar surface area (TPSA) is 79.2 Å². The van der Waals surface area contributed by atoms with Crippen molar-refractivity contribution in [1.29, 1.82) is 0 Å². The van der Waals surface area contributed by atoms with E-state index in [2.05, 4.69) is 13.8 Å². The van der Waals surface area contributed by atoms with Crippen LogP contribution >= 0.6 is 0 Å². The second-order valence-electron chi connectivity index (χ2n) is 8.20. The van der Waals surface area contributed by atoms with Crippen molar-refractivity contribution in [1.82, 2.24) is 4.90 Å². The fourth-order valence-electron chi connectivity index (χ4n) is 3.72. The van der Waals surface area contributed by atoms with Gasteiger partial charge in [0.25, 0.3) is 5.91 Å². The summed E-state index contributed by atoms with van der Waals surface area (Å²) in [5.41, 5.74) is 3.42. The average molecular weight is 408 g/mol. The molecular weight excluding hydrogens is 380 g/mol. The number of aliphatic imine (C=N–C) groups is 1. The summed E-state index contributed by atoms with van der Waals surface area (Å²) >= 11 is 0. The van der Waals surface area contributed by atoms with Crippen LogP contribution in [0.1, 0.15) is 52.1 Å². The molecule has 1 aliphatic rings. The highest BCUT2D eigenvalue weighted by atomic mass is 16.5. The van der Waals surface area contributed by atoms with Crippen molar-refractivity contribution < 1.29 is 19.4 Å². The zero-order valence-corrected chi connectivity index (χ0v) is 17.9. The molecule has 6 heteroatoms. The van der Waals surface area contributed by atoms with Crippen LogP contribution in [0.15, 0.2) is 47.5 Å². The Morgan fingerprint density at radius 3 is 2.60 bits per heavy atom. The van der Waals surface area contributed by atoms with Gasteiger partial charge in [-0.15, -0.1) is 0 Å². The van der Waals surface area contributed by atoms with Gasteiger partial charge in [0.05, 0.1) is 31.4 Å². The van der Waals surface area contributed by atoms with Crippen molar-refractivity contribution in [3.8, 4) is 5.75 Å². The number of methoxy groups -OCH3 is 1. The molecule has 1 aliphatic heterocycles. The highest BCUT2D eigenvalue weighted by molar-refractivity contribution is 6.17. The minimum absolute atomic E-state index is 0.0975. The largest absolute Gasteiger partial charge is 0.497 e. The zero-order valence-electron chi connectivity index (χ0n) is 17.9. The van der Waals surface area contributed by atoms with E-state index in [1.807, 2.05) is 18.2 Å². The number of likely N-dealkylation sites (N-methyl/N-ethyl adjacent to an activating group) is 1. The summed E-state index contributed by atoms with van der Waals surface area (Å²) in [6.07, 6.45) is 0.943. The van der Waals surface area contributed by atoms with Crippen LogP contribution in [0, 0.1) is 0 Å². The van der Waals surface area contributed by atoms with Crippen molar-refractivity contribution >= 4 is 17.4 Å². The predicted octanol–water partition coefficient (Wildman–Crippen LogP) is 3.16. The highest BCUT2D eigenvalue weighted by Gasteiger charge is 2.28. The lowest BCUT2D eigenvalue weighted by atomic mass is 9.85. The molecule has 0 aliphatic carbocycles. The van der Waals surface area contributed by atoms with Crippen LogP contribution in [0.25, 0.3) is 0 Å². The molecule has 0 unspecified atom stereocenters. The van der Waals surface area contributed by atoms with Crippen molar-refractivity contribution in [2.75, 3.05) is 27.3 Å². The van der Waals surface area contributed by atoms with Gasteiger partial charge in [0.1, 0.15) is 5.75 Å². The van der Waals surface area contributed by atoms with E-state index < -0.39 is 0 Å². The quantitative estimate of drug-likeness (QED) is 0.714. The Kier molecular flexibility index (Phi) is 6.37. The maximum absolute atomic E-state index is 13.1. The molecule has 3 rings (SSSR count). The number of carbonyl (C=O) groups is 2. The van der Waals surface area contributed by atoms with Crippen LogP contribution in [0.3, 0.4) is 0 Å². The summed E-state index contributed by atoms with van der Waals surface area (Å²) in [5.74, 6) is 0.401. The monoisotopic (exact) mass is 408 g/mol. The Labute approximate surface area is 177 Å². The molecule has 0 saturated carbocycles. The molecule has 0 atom stereocenters. The smallest absolute Gasteiger partial charge is 0.253 e. The fraction of sp³-hybridized carbons (Fsp3) is 0.375. The van der Waals surface area contributed by atoms with E-state index in [4.69, 9.17) is 14.8 Å². The van der Waals surface area contributed by atoms with Crippen LogP contribution < -0.4 is 4.74 Å². The van der Waals surface area contributed by atoms with Gasteiger partial charge in [-0.1, -0.05) is 18.2 Å².